The molecule has 13 aromatic rings. The fourth-order valence-corrected chi connectivity index (χ4v) is 10.3. The largest absolute Gasteiger partial charge is 0.310 e. The van der Waals surface area contributed by atoms with Gasteiger partial charge in [0.2, 0.25) is 0 Å². The Morgan fingerprint density at radius 3 is 1.27 bits per heavy atom. The standard InChI is InChI=1S/C64H43N3.C4H6/c1-4-14-44(15-5-1)47-24-32-52(33-25-47)65(53-34-26-48(27-35-53)45-16-6-2-7-17-45)55-38-30-51-43-56(39-31-50(51)42-55)67-60-22-12-10-20-57(60)58-40-41-62-63(64(58)67)59-21-11-13-23-61(59)66(62)54-36-28-49(29-37-54)46-18-8-3-9-19-46;1-3-4-2/h1-43H;3-4H,1-2H2. The Labute approximate surface area is 414 Å². The predicted octanol–water partition coefficient (Wildman–Crippen LogP) is 18.9. The normalized spacial score (nSPS) is 11.2. The molecule has 0 amide bonds. The maximum atomic E-state index is 3.36. The first-order chi connectivity index (χ1) is 35.1. The van der Waals surface area contributed by atoms with Gasteiger partial charge in [-0.2, -0.15) is 0 Å². The molecule has 0 saturated heterocycles. The van der Waals surface area contributed by atoms with Crippen LogP contribution in [0.25, 0.3) is 99.1 Å². The fourth-order valence-electron chi connectivity index (χ4n) is 10.3. The Kier molecular flexibility index (Phi) is 11.2. The zero-order chi connectivity index (χ0) is 47.7. The van der Waals surface area contributed by atoms with Crippen LogP contribution in [-0.4, -0.2) is 9.13 Å². The SMILES string of the molecule is C=CC=C.c1ccc(-c2ccc(N(c3ccc(-c4ccccc4)cc3)c3ccc4cc(-n5c6ccccc6c6ccc7c(c8ccccc8n7-c7ccc(-c8ccccc8)cc7)c65)ccc4c3)cc2)cc1. The molecular formula is C68H49N3. The van der Waals surface area contributed by atoms with Crippen LogP contribution in [0.5, 0.6) is 0 Å². The second-order valence-electron chi connectivity index (χ2n) is 17.8. The highest BCUT2D eigenvalue weighted by molar-refractivity contribution is 6.26. The van der Waals surface area contributed by atoms with Gasteiger partial charge in [-0.15, -0.1) is 0 Å². The molecule has 336 valence electrons. The number of rotatable bonds is 9. The molecule has 0 N–H and O–H groups in total. The van der Waals surface area contributed by atoms with Crippen molar-refractivity contribution in [1.82, 2.24) is 9.13 Å². The number of para-hydroxylation sites is 2. The van der Waals surface area contributed by atoms with E-state index in [0.717, 1.165) is 28.4 Å². The van der Waals surface area contributed by atoms with Gasteiger partial charge >= 0.3 is 0 Å². The van der Waals surface area contributed by atoms with E-state index in [-0.39, 0.29) is 0 Å². The second kappa shape index (κ2) is 18.6. The summed E-state index contributed by atoms with van der Waals surface area (Å²) in [6, 6.07) is 94.8. The summed E-state index contributed by atoms with van der Waals surface area (Å²) in [5.74, 6) is 0. The molecule has 71 heavy (non-hydrogen) atoms. The average Bonchev–Trinajstić information content (AvgIpc) is 3.97. The van der Waals surface area contributed by atoms with Gasteiger partial charge in [0.25, 0.3) is 0 Å². The molecule has 0 aliphatic heterocycles. The van der Waals surface area contributed by atoms with Crippen molar-refractivity contribution >= 4 is 71.4 Å². The third-order valence-electron chi connectivity index (χ3n) is 13.7. The highest BCUT2D eigenvalue weighted by atomic mass is 15.1. The molecule has 0 aliphatic rings. The number of fused-ring (bicyclic) bond motifs is 8. The average molecular weight is 908 g/mol. The van der Waals surface area contributed by atoms with E-state index in [0.29, 0.717) is 0 Å². The minimum absolute atomic E-state index is 1.10. The van der Waals surface area contributed by atoms with Gasteiger partial charge in [0.1, 0.15) is 0 Å². The summed E-state index contributed by atoms with van der Waals surface area (Å²) in [4.78, 5) is 2.37. The molecule has 0 aliphatic carbocycles. The molecule has 0 spiro atoms. The van der Waals surface area contributed by atoms with Gasteiger partial charge < -0.3 is 14.0 Å². The summed E-state index contributed by atoms with van der Waals surface area (Å²) < 4.78 is 4.92. The lowest BCUT2D eigenvalue weighted by Gasteiger charge is -2.26. The van der Waals surface area contributed by atoms with Crippen molar-refractivity contribution in [2.24, 2.45) is 0 Å². The molecule has 3 nitrogen and oxygen atoms in total. The van der Waals surface area contributed by atoms with E-state index in [1.165, 1.54) is 87.8 Å². The molecule has 2 aromatic heterocycles. The van der Waals surface area contributed by atoms with Crippen LogP contribution in [0.4, 0.5) is 17.1 Å². The minimum atomic E-state index is 1.10. The van der Waals surface area contributed by atoms with Crippen LogP contribution in [0.3, 0.4) is 0 Å². The van der Waals surface area contributed by atoms with Crippen molar-refractivity contribution in [3.63, 3.8) is 0 Å². The molecule has 0 radical (unpaired) electrons. The second-order valence-corrected chi connectivity index (χ2v) is 17.8. The Morgan fingerprint density at radius 2 is 0.718 bits per heavy atom. The van der Waals surface area contributed by atoms with Crippen LogP contribution in [0.15, 0.2) is 286 Å². The number of aromatic nitrogens is 2. The van der Waals surface area contributed by atoms with Crippen LogP contribution < -0.4 is 4.90 Å². The maximum Gasteiger partial charge on any atom is 0.0641 e. The number of hydrogen-bond acceptors (Lipinski definition) is 1. The van der Waals surface area contributed by atoms with Crippen LogP contribution in [0.2, 0.25) is 0 Å². The Hall–Kier alpha value is -9.44. The molecule has 13 rings (SSSR count). The first-order valence-corrected chi connectivity index (χ1v) is 24.1. The lowest BCUT2D eigenvalue weighted by Crippen LogP contribution is -2.09. The Morgan fingerprint density at radius 1 is 0.296 bits per heavy atom. The van der Waals surface area contributed by atoms with Gasteiger partial charge in [-0.1, -0.05) is 207 Å². The van der Waals surface area contributed by atoms with Crippen molar-refractivity contribution in [2.75, 3.05) is 4.90 Å². The first-order valence-electron chi connectivity index (χ1n) is 24.1. The van der Waals surface area contributed by atoms with Crippen molar-refractivity contribution in [3.05, 3.63) is 286 Å². The zero-order valence-corrected chi connectivity index (χ0v) is 39.2. The summed E-state index contributed by atoms with van der Waals surface area (Å²) in [6.45, 7) is 6.72. The van der Waals surface area contributed by atoms with Gasteiger partial charge in [0.05, 0.1) is 22.1 Å². The number of anilines is 3. The number of benzene rings is 11. The highest BCUT2D eigenvalue weighted by Gasteiger charge is 2.21. The minimum Gasteiger partial charge on any atom is -0.310 e. The zero-order valence-electron chi connectivity index (χ0n) is 39.2. The summed E-state index contributed by atoms with van der Waals surface area (Å²) in [5, 5.41) is 7.32. The summed E-state index contributed by atoms with van der Waals surface area (Å²) in [6.07, 6.45) is 3.28. The Balaban J connectivity index is 0.00000125. The molecule has 0 atom stereocenters. The van der Waals surface area contributed by atoms with E-state index in [4.69, 9.17) is 0 Å². The molecule has 0 unspecified atom stereocenters. The maximum absolute atomic E-state index is 3.36. The summed E-state index contributed by atoms with van der Waals surface area (Å²) >= 11 is 0. The number of allylic oxidation sites excluding steroid dienone is 2. The Bertz CT molecular complexity index is 3940. The highest BCUT2D eigenvalue weighted by Crippen LogP contribution is 2.43. The van der Waals surface area contributed by atoms with E-state index < -0.39 is 0 Å². The van der Waals surface area contributed by atoms with Crippen LogP contribution >= 0.6 is 0 Å². The van der Waals surface area contributed by atoms with Gasteiger partial charge in [-0.05, 0) is 123 Å². The van der Waals surface area contributed by atoms with Crippen molar-refractivity contribution in [2.45, 2.75) is 0 Å². The van der Waals surface area contributed by atoms with Crippen LogP contribution in [-0.2, 0) is 0 Å². The van der Waals surface area contributed by atoms with Crippen molar-refractivity contribution < 1.29 is 0 Å². The predicted molar refractivity (Wildman–Crippen MR) is 304 cm³/mol. The summed E-state index contributed by atoms with van der Waals surface area (Å²) in [5.41, 5.74) is 17.6. The van der Waals surface area contributed by atoms with Gasteiger partial charge in [-0.25, -0.2) is 0 Å². The van der Waals surface area contributed by atoms with E-state index in [1.54, 1.807) is 12.2 Å². The van der Waals surface area contributed by atoms with Gasteiger partial charge in [-0.3, -0.25) is 0 Å². The van der Waals surface area contributed by atoms with Crippen molar-refractivity contribution in [1.29, 1.82) is 0 Å². The monoisotopic (exact) mass is 907 g/mol. The lowest BCUT2D eigenvalue weighted by molar-refractivity contribution is 1.18. The van der Waals surface area contributed by atoms with E-state index in [2.05, 4.69) is 288 Å². The van der Waals surface area contributed by atoms with Crippen LogP contribution in [0.1, 0.15) is 0 Å². The quantitative estimate of drug-likeness (QED) is 0.132. The van der Waals surface area contributed by atoms with E-state index in [1.807, 2.05) is 0 Å². The third-order valence-corrected chi connectivity index (χ3v) is 13.7. The molecule has 0 saturated carbocycles. The number of nitrogens with zero attached hydrogens (tertiary/aromatic N) is 3. The molecular weight excluding hydrogens is 859 g/mol. The molecule has 11 aromatic carbocycles. The third kappa shape index (κ3) is 7.86. The smallest absolute Gasteiger partial charge is 0.0641 e. The molecule has 0 bridgehead atoms. The molecule has 3 heteroatoms. The van der Waals surface area contributed by atoms with E-state index >= 15 is 0 Å². The van der Waals surface area contributed by atoms with Gasteiger partial charge in [0.15, 0.2) is 0 Å². The lowest BCUT2D eigenvalue weighted by atomic mass is 10.0. The van der Waals surface area contributed by atoms with Gasteiger partial charge in [0, 0.05) is 50.0 Å². The van der Waals surface area contributed by atoms with Crippen LogP contribution in [0, 0.1) is 0 Å². The summed E-state index contributed by atoms with van der Waals surface area (Å²) in [7, 11) is 0. The first kappa shape index (κ1) is 42.9. The topological polar surface area (TPSA) is 13.1 Å². The van der Waals surface area contributed by atoms with E-state index in [9.17, 15) is 0 Å². The molecule has 0 fully saturated rings. The fraction of sp³-hybridized carbons (Fsp3) is 0. The number of hydrogen-bond donors (Lipinski definition) is 0. The van der Waals surface area contributed by atoms with Crippen molar-refractivity contribution in [3.8, 4) is 44.8 Å². The molecule has 2 heterocycles.